The second kappa shape index (κ2) is 7.03. The van der Waals surface area contributed by atoms with Crippen LogP contribution in [0.2, 0.25) is 0 Å². The Morgan fingerprint density at radius 2 is 1.58 bits per heavy atom. The van der Waals surface area contributed by atoms with Gasteiger partial charge in [0.15, 0.2) is 6.61 Å². The number of ether oxygens (including phenoxy) is 1. The molecule has 0 aliphatic rings. The lowest BCUT2D eigenvalue weighted by atomic mass is 10.1. The Hall–Kier alpha value is -3.03. The zero-order valence-electron chi connectivity index (χ0n) is 12.3. The summed E-state index contributed by atoms with van der Waals surface area (Å²) < 4.78 is 42.5. The third-order valence-electron chi connectivity index (χ3n) is 2.97. The number of hydrogen-bond donors (Lipinski definition) is 2. The fourth-order valence-corrected chi connectivity index (χ4v) is 1.80. The molecule has 0 aromatic heterocycles. The number of nitrogens with one attached hydrogen (secondary N) is 1. The first kappa shape index (κ1) is 17.3. The molecule has 0 heterocycles. The van der Waals surface area contributed by atoms with Crippen LogP contribution in [0.1, 0.15) is 15.9 Å². The van der Waals surface area contributed by atoms with E-state index in [9.17, 15) is 22.8 Å². The summed E-state index contributed by atoms with van der Waals surface area (Å²) in [7, 11) is 0. The standard InChI is InChI=1S/C16H13F3N2O3/c17-16(18,19)11-3-1-10(2-4-11)15(23)21-12-5-7-13(8-6-12)24-9-14(20)22/h1-8H,9H2,(H2,20,22)(H,21,23). The van der Waals surface area contributed by atoms with Crippen LogP contribution in [0.15, 0.2) is 48.5 Å². The highest BCUT2D eigenvalue weighted by molar-refractivity contribution is 6.04. The van der Waals surface area contributed by atoms with Crippen LogP contribution in [0.3, 0.4) is 0 Å². The number of hydrogen-bond acceptors (Lipinski definition) is 3. The Morgan fingerprint density at radius 1 is 1.00 bits per heavy atom. The number of benzene rings is 2. The molecule has 0 fully saturated rings. The molecule has 0 aliphatic carbocycles. The third kappa shape index (κ3) is 4.73. The summed E-state index contributed by atoms with van der Waals surface area (Å²) >= 11 is 0. The van der Waals surface area contributed by atoms with Crippen molar-refractivity contribution in [1.82, 2.24) is 0 Å². The molecule has 2 aromatic carbocycles. The molecule has 0 radical (unpaired) electrons. The highest BCUT2D eigenvalue weighted by Gasteiger charge is 2.30. The van der Waals surface area contributed by atoms with E-state index in [1.807, 2.05) is 0 Å². The third-order valence-corrected chi connectivity index (χ3v) is 2.97. The summed E-state index contributed by atoms with van der Waals surface area (Å²) in [6, 6.07) is 9.98. The van der Waals surface area contributed by atoms with Crippen molar-refractivity contribution < 1.29 is 27.5 Å². The molecule has 126 valence electrons. The second-order valence-electron chi connectivity index (χ2n) is 4.81. The van der Waals surface area contributed by atoms with Crippen LogP contribution < -0.4 is 15.8 Å². The van der Waals surface area contributed by atoms with E-state index in [-0.39, 0.29) is 12.2 Å². The molecular weight excluding hydrogens is 325 g/mol. The molecule has 0 unspecified atom stereocenters. The molecular formula is C16H13F3N2O3. The van der Waals surface area contributed by atoms with Crippen molar-refractivity contribution >= 4 is 17.5 Å². The number of anilines is 1. The molecule has 0 saturated carbocycles. The monoisotopic (exact) mass is 338 g/mol. The lowest BCUT2D eigenvalue weighted by Gasteiger charge is -2.09. The average Bonchev–Trinajstić information content (AvgIpc) is 2.53. The number of halogens is 3. The maximum Gasteiger partial charge on any atom is 0.416 e. The normalized spacial score (nSPS) is 11.0. The van der Waals surface area contributed by atoms with Crippen LogP contribution in [0.4, 0.5) is 18.9 Å². The molecule has 0 aliphatic heterocycles. The van der Waals surface area contributed by atoms with Crippen molar-refractivity contribution in [3.05, 3.63) is 59.7 Å². The maximum absolute atomic E-state index is 12.5. The first-order valence-corrected chi connectivity index (χ1v) is 6.75. The first-order chi connectivity index (χ1) is 11.3. The van der Waals surface area contributed by atoms with Gasteiger partial charge in [0.05, 0.1) is 5.56 Å². The van der Waals surface area contributed by atoms with E-state index < -0.39 is 23.6 Å². The van der Waals surface area contributed by atoms with Gasteiger partial charge in [0.1, 0.15) is 5.75 Å². The van der Waals surface area contributed by atoms with Gasteiger partial charge in [0.25, 0.3) is 11.8 Å². The van der Waals surface area contributed by atoms with Gasteiger partial charge in [-0.1, -0.05) is 0 Å². The number of carbonyl (C=O) groups is 2. The second-order valence-corrected chi connectivity index (χ2v) is 4.81. The van der Waals surface area contributed by atoms with Gasteiger partial charge in [-0.2, -0.15) is 13.2 Å². The summed E-state index contributed by atoms with van der Waals surface area (Å²) in [5, 5.41) is 2.54. The van der Waals surface area contributed by atoms with E-state index >= 15 is 0 Å². The van der Waals surface area contributed by atoms with Crippen molar-refractivity contribution in [2.24, 2.45) is 5.73 Å². The van der Waals surface area contributed by atoms with Crippen LogP contribution >= 0.6 is 0 Å². The van der Waals surface area contributed by atoms with Gasteiger partial charge in [-0.25, -0.2) is 0 Å². The average molecular weight is 338 g/mol. The summed E-state index contributed by atoms with van der Waals surface area (Å²) in [5.41, 5.74) is 4.64. The molecule has 0 spiro atoms. The van der Waals surface area contributed by atoms with Crippen LogP contribution in [0.5, 0.6) is 5.75 Å². The van der Waals surface area contributed by atoms with Crippen LogP contribution in [0, 0.1) is 0 Å². The molecule has 2 aromatic rings. The van der Waals surface area contributed by atoms with Crippen molar-refractivity contribution in [2.45, 2.75) is 6.18 Å². The van der Waals surface area contributed by atoms with Gasteiger partial charge in [-0.05, 0) is 48.5 Å². The predicted molar refractivity (Wildman–Crippen MR) is 80.5 cm³/mol. The van der Waals surface area contributed by atoms with Crippen molar-refractivity contribution in [1.29, 1.82) is 0 Å². The largest absolute Gasteiger partial charge is 0.484 e. The Bertz CT molecular complexity index is 726. The fourth-order valence-electron chi connectivity index (χ4n) is 1.80. The summed E-state index contributed by atoms with van der Waals surface area (Å²) in [6.07, 6.45) is -4.45. The highest BCUT2D eigenvalue weighted by Crippen LogP contribution is 2.29. The number of carbonyl (C=O) groups excluding carboxylic acids is 2. The molecule has 3 N–H and O–H groups in total. The van der Waals surface area contributed by atoms with Gasteiger partial charge in [-0.3, -0.25) is 9.59 Å². The molecule has 0 saturated heterocycles. The molecule has 5 nitrogen and oxygen atoms in total. The Kier molecular flexibility index (Phi) is 5.08. The fraction of sp³-hybridized carbons (Fsp3) is 0.125. The number of nitrogens with two attached hydrogens (primary N) is 1. The van der Waals surface area contributed by atoms with Crippen molar-refractivity contribution in [3.63, 3.8) is 0 Å². The quantitative estimate of drug-likeness (QED) is 0.879. The minimum Gasteiger partial charge on any atom is -0.484 e. The van der Waals surface area contributed by atoms with Crippen molar-refractivity contribution in [2.75, 3.05) is 11.9 Å². The maximum atomic E-state index is 12.5. The zero-order chi connectivity index (χ0) is 17.7. The van der Waals surface area contributed by atoms with Crippen molar-refractivity contribution in [3.8, 4) is 5.75 Å². The van der Waals surface area contributed by atoms with E-state index in [4.69, 9.17) is 10.5 Å². The van der Waals surface area contributed by atoms with Crippen LogP contribution in [0.25, 0.3) is 0 Å². The topological polar surface area (TPSA) is 81.4 Å². The smallest absolute Gasteiger partial charge is 0.416 e. The first-order valence-electron chi connectivity index (χ1n) is 6.75. The summed E-state index contributed by atoms with van der Waals surface area (Å²) in [4.78, 5) is 22.6. The minimum absolute atomic E-state index is 0.0945. The van der Waals surface area contributed by atoms with E-state index in [1.165, 1.54) is 24.3 Å². The summed E-state index contributed by atoms with van der Waals surface area (Å²) in [5.74, 6) is -0.773. The van der Waals surface area contributed by atoms with Gasteiger partial charge < -0.3 is 15.8 Å². The van der Waals surface area contributed by atoms with Crippen LogP contribution in [-0.4, -0.2) is 18.4 Å². The number of primary amides is 1. The molecule has 8 heteroatoms. The molecule has 2 rings (SSSR count). The Morgan fingerprint density at radius 3 is 2.08 bits per heavy atom. The molecule has 0 bridgehead atoms. The van der Waals surface area contributed by atoms with E-state index in [1.54, 1.807) is 0 Å². The van der Waals surface area contributed by atoms with Gasteiger partial charge in [0.2, 0.25) is 0 Å². The Balaban J connectivity index is 2.00. The Labute approximate surface area is 135 Å². The molecule has 24 heavy (non-hydrogen) atoms. The zero-order valence-corrected chi connectivity index (χ0v) is 12.3. The van der Waals surface area contributed by atoms with E-state index in [0.29, 0.717) is 11.4 Å². The number of amides is 2. The lowest BCUT2D eigenvalue weighted by Crippen LogP contribution is -2.20. The van der Waals surface area contributed by atoms with Gasteiger partial charge >= 0.3 is 6.18 Å². The van der Waals surface area contributed by atoms with Gasteiger partial charge in [-0.15, -0.1) is 0 Å². The number of rotatable bonds is 5. The summed E-state index contributed by atoms with van der Waals surface area (Å²) in [6.45, 7) is -0.267. The highest BCUT2D eigenvalue weighted by atomic mass is 19.4. The minimum atomic E-state index is -4.45. The molecule has 2 amide bonds. The van der Waals surface area contributed by atoms with E-state index in [0.717, 1.165) is 24.3 Å². The molecule has 0 atom stereocenters. The van der Waals surface area contributed by atoms with Crippen LogP contribution in [-0.2, 0) is 11.0 Å². The number of alkyl halides is 3. The SMILES string of the molecule is NC(=O)COc1ccc(NC(=O)c2ccc(C(F)(F)F)cc2)cc1. The predicted octanol–water partition coefficient (Wildman–Crippen LogP) is 2.82. The van der Waals surface area contributed by atoms with Gasteiger partial charge in [0, 0.05) is 11.3 Å². The van der Waals surface area contributed by atoms with E-state index in [2.05, 4.69) is 5.32 Å². The lowest BCUT2D eigenvalue weighted by molar-refractivity contribution is -0.137.